The van der Waals surface area contributed by atoms with Gasteiger partial charge in [0.2, 0.25) is 0 Å². The van der Waals surface area contributed by atoms with Crippen LogP contribution in [0.15, 0.2) is 60.7 Å². The molecule has 9 nitrogen and oxygen atoms in total. The third-order valence-electron chi connectivity index (χ3n) is 5.84. The maximum atomic E-state index is 12.7. The van der Waals surface area contributed by atoms with Crippen LogP contribution in [0.1, 0.15) is 71.7 Å². The molecule has 0 fully saturated rings. The Kier molecular flexibility index (Phi) is 11.1. The molecule has 0 amide bonds. The van der Waals surface area contributed by atoms with E-state index in [4.69, 9.17) is 25.8 Å². The van der Waals surface area contributed by atoms with E-state index in [1.165, 1.54) is 80.3 Å². The molecule has 3 aromatic rings. The average molecular weight is 556 g/mol. The van der Waals surface area contributed by atoms with Crippen LogP contribution in [0.4, 0.5) is 5.69 Å². The number of hydrogen-bond donors (Lipinski definition) is 1. The average Bonchev–Trinajstić information content (AvgIpc) is 2.93. The molecule has 0 bridgehead atoms. The second-order valence-corrected chi connectivity index (χ2v) is 9.24. The maximum Gasteiger partial charge on any atom is 0.343 e. The summed E-state index contributed by atoms with van der Waals surface area (Å²) in [6.07, 6.45) is 6.84. The number of phenolic OH excluding ortho intramolecular Hbond substituents is 1. The summed E-state index contributed by atoms with van der Waals surface area (Å²) in [4.78, 5) is 35.4. The number of carbonyl (C=O) groups is 2. The molecule has 0 aromatic heterocycles. The van der Waals surface area contributed by atoms with Gasteiger partial charge < -0.3 is 19.3 Å². The first-order chi connectivity index (χ1) is 18.8. The molecule has 0 radical (unpaired) electrons. The van der Waals surface area contributed by atoms with Crippen LogP contribution in [-0.4, -0.2) is 28.6 Å². The number of nitro benzene ring substituents is 1. The first-order valence-corrected chi connectivity index (χ1v) is 13.0. The van der Waals surface area contributed by atoms with E-state index >= 15 is 0 Å². The lowest BCUT2D eigenvalue weighted by atomic mass is 10.1. The predicted octanol–water partition coefficient (Wildman–Crippen LogP) is 7.27. The first kappa shape index (κ1) is 29.4. The van der Waals surface area contributed by atoms with Gasteiger partial charge in [-0.15, -0.1) is 0 Å². The molecule has 206 valence electrons. The van der Waals surface area contributed by atoms with Crippen LogP contribution in [0.3, 0.4) is 0 Å². The summed E-state index contributed by atoms with van der Waals surface area (Å²) in [7, 11) is 0. The van der Waals surface area contributed by atoms with Crippen LogP contribution < -0.4 is 9.47 Å². The number of carbonyl (C=O) groups excluding carboxylic acids is 2. The van der Waals surface area contributed by atoms with Crippen molar-refractivity contribution in [2.75, 3.05) is 6.61 Å². The lowest BCUT2D eigenvalue weighted by molar-refractivity contribution is -0.384. The molecule has 3 rings (SSSR count). The molecule has 0 saturated carbocycles. The second kappa shape index (κ2) is 14.7. The summed E-state index contributed by atoms with van der Waals surface area (Å²) in [5.41, 5.74) is 0.405. The van der Waals surface area contributed by atoms with Gasteiger partial charge in [-0.05, 0) is 60.5 Å². The van der Waals surface area contributed by atoms with Crippen molar-refractivity contribution in [2.24, 2.45) is 0 Å². The maximum absolute atomic E-state index is 12.7. The van der Waals surface area contributed by atoms with Crippen LogP contribution in [0.2, 0.25) is 5.02 Å². The van der Waals surface area contributed by atoms with Gasteiger partial charge in [0.25, 0.3) is 5.69 Å². The normalized spacial score (nSPS) is 10.6. The van der Waals surface area contributed by atoms with Crippen LogP contribution in [-0.2, 0) is 11.3 Å². The standard InChI is InChI=1S/C29H30ClNO8/c1-2-3-4-5-6-7-16-37-27-15-10-21(17-25(27)30)28(33)39-23-13-14-26(32)24(18-23)29(34)38-19-20-8-11-22(12-9-20)31(35)36/h8-15,17-18,32H,2-7,16,19H2,1H3. The third kappa shape index (κ3) is 9.00. The number of rotatable bonds is 14. The highest BCUT2D eigenvalue weighted by molar-refractivity contribution is 6.32. The van der Waals surface area contributed by atoms with Gasteiger partial charge in [0.05, 0.1) is 22.1 Å². The minimum Gasteiger partial charge on any atom is -0.507 e. The Hall–Kier alpha value is -4.11. The quantitative estimate of drug-likeness (QED) is 0.0723. The van der Waals surface area contributed by atoms with Gasteiger partial charge in [-0.3, -0.25) is 10.1 Å². The number of esters is 2. The molecule has 0 aliphatic carbocycles. The Bertz CT molecular complexity index is 1290. The van der Waals surface area contributed by atoms with Crippen LogP contribution in [0, 0.1) is 10.1 Å². The highest BCUT2D eigenvalue weighted by atomic mass is 35.5. The number of nitrogens with zero attached hydrogens (tertiary/aromatic N) is 1. The van der Waals surface area contributed by atoms with Crippen molar-refractivity contribution in [3.05, 3.63) is 92.5 Å². The minimum absolute atomic E-state index is 0.0135. The SMILES string of the molecule is CCCCCCCCOc1ccc(C(=O)Oc2ccc(O)c(C(=O)OCc3ccc([N+](=O)[O-])cc3)c2)cc1Cl. The molecule has 0 spiro atoms. The molecule has 0 atom stereocenters. The van der Waals surface area contributed by atoms with E-state index < -0.39 is 16.9 Å². The molecule has 0 unspecified atom stereocenters. The summed E-state index contributed by atoms with van der Waals surface area (Å²) < 4.78 is 16.3. The van der Waals surface area contributed by atoms with E-state index in [1.54, 1.807) is 6.07 Å². The van der Waals surface area contributed by atoms with Gasteiger partial charge in [0.1, 0.15) is 29.4 Å². The monoisotopic (exact) mass is 555 g/mol. The van der Waals surface area contributed by atoms with E-state index in [0.717, 1.165) is 12.8 Å². The van der Waals surface area contributed by atoms with Gasteiger partial charge in [0.15, 0.2) is 0 Å². The second-order valence-electron chi connectivity index (χ2n) is 8.83. The summed E-state index contributed by atoms with van der Waals surface area (Å²) in [6.45, 7) is 2.54. The van der Waals surface area contributed by atoms with Gasteiger partial charge in [-0.25, -0.2) is 9.59 Å². The van der Waals surface area contributed by atoms with Crippen molar-refractivity contribution < 1.29 is 33.8 Å². The third-order valence-corrected chi connectivity index (χ3v) is 6.13. The number of nitro groups is 1. The van der Waals surface area contributed by atoms with E-state index in [0.29, 0.717) is 17.9 Å². The smallest absolute Gasteiger partial charge is 0.343 e. The number of unbranched alkanes of at least 4 members (excludes halogenated alkanes) is 5. The van der Waals surface area contributed by atoms with E-state index in [2.05, 4.69) is 6.92 Å². The largest absolute Gasteiger partial charge is 0.507 e. The summed E-state index contributed by atoms with van der Waals surface area (Å²) in [5.74, 6) is -1.45. The lowest BCUT2D eigenvalue weighted by Gasteiger charge is -2.11. The number of non-ortho nitro benzene ring substituents is 1. The highest BCUT2D eigenvalue weighted by Crippen LogP contribution is 2.28. The molecule has 39 heavy (non-hydrogen) atoms. The zero-order valence-corrected chi connectivity index (χ0v) is 22.3. The zero-order valence-electron chi connectivity index (χ0n) is 21.6. The number of hydrogen-bond acceptors (Lipinski definition) is 8. The van der Waals surface area contributed by atoms with Crippen LogP contribution in [0.5, 0.6) is 17.2 Å². The molecule has 0 aliphatic heterocycles. The first-order valence-electron chi connectivity index (χ1n) is 12.7. The Balaban J connectivity index is 1.55. The Morgan fingerprint density at radius 2 is 1.64 bits per heavy atom. The molecular formula is C29H30ClNO8. The minimum atomic E-state index is -0.862. The van der Waals surface area contributed by atoms with Crippen molar-refractivity contribution in [3.63, 3.8) is 0 Å². The molecular weight excluding hydrogens is 526 g/mol. The lowest BCUT2D eigenvalue weighted by Crippen LogP contribution is -2.10. The number of aromatic hydroxyl groups is 1. The fourth-order valence-electron chi connectivity index (χ4n) is 3.66. The van der Waals surface area contributed by atoms with Crippen LogP contribution in [0.25, 0.3) is 0 Å². The van der Waals surface area contributed by atoms with E-state index in [-0.39, 0.29) is 39.9 Å². The van der Waals surface area contributed by atoms with Crippen LogP contribution >= 0.6 is 11.6 Å². The summed E-state index contributed by atoms with van der Waals surface area (Å²) >= 11 is 6.29. The molecule has 3 aromatic carbocycles. The van der Waals surface area contributed by atoms with E-state index in [1.807, 2.05) is 0 Å². The molecule has 1 N–H and O–H groups in total. The van der Waals surface area contributed by atoms with Crippen molar-refractivity contribution in [2.45, 2.75) is 52.1 Å². The highest BCUT2D eigenvalue weighted by Gasteiger charge is 2.17. The van der Waals surface area contributed by atoms with Crippen molar-refractivity contribution in [1.29, 1.82) is 0 Å². The molecule has 0 saturated heterocycles. The van der Waals surface area contributed by atoms with Crippen molar-refractivity contribution >= 4 is 29.2 Å². The molecule has 0 aliphatic rings. The summed E-state index contributed by atoms with van der Waals surface area (Å²) in [5, 5.41) is 21.1. The Morgan fingerprint density at radius 3 is 2.33 bits per heavy atom. The van der Waals surface area contributed by atoms with Gasteiger partial charge in [-0.2, -0.15) is 0 Å². The fourth-order valence-corrected chi connectivity index (χ4v) is 3.89. The number of ether oxygens (including phenoxy) is 3. The van der Waals surface area contributed by atoms with Gasteiger partial charge in [0, 0.05) is 12.1 Å². The predicted molar refractivity (Wildman–Crippen MR) is 146 cm³/mol. The zero-order chi connectivity index (χ0) is 28.2. The fraction of sp³-hybridized carbons (Fsp3) is 0.310. The Morgan fingerprint density at radius 1 is 0.923 bits per heavy atom. The van der Waals surface area contributed by atoms with Crippen molar-refractivity contribution in [3.8, 4) is 17.2 Å². The van der Waals surface area contributed by atoms with Gasteiger partial charge in [-0.1, -0.05) is 50.6 Å². The number of halogens is 1. The molecule has 10 heteroatoms. The Labute approximate surface area is 231 Å². The summed E-state index contributed by atoms with van der Waals surface area (Å²) in [6, 6.07) is 13.8. The number of phenols is 1. The number of benzene rings is 3. The van der Waals surface area contributed by atoms with Crippen molar-refractivity contribution in [1.82, 2.24) is 0 Å². The van der Waals surface area contributed by atoms with E-state index in [9.17, 15) is 24.8 Å². The topological polar surface area (TPSA) is 125 Å². The molecule has 0 heterocycles. The van der Waals surface area contributed by atoms with Gasteiger partial charge >= 0.3 is 11.9 Å².